The minimum Gasteiger partial charge on any atom is -0.337 e. The van der Waals surface area contributed by atoms with Crippen LogP contribution in [0.1, 0.15) is 5.56 Å². The molecule has 34 heavy (non-hydrogen) atoms. The van der Waals surface area contributed by atoms with E-state index in [-0.39, 0.29) is 16.7 Å². The maximum atomic E-state index is 13.4. The first-order valence-electron chi connectivity index (χ1n) is 10.2. The zero-order valence-corrected chi connectivity index (χ0v) is 18.7. The average molecular weight is 481 g/mol. The summed E-state index contributed by atoms with van der Waals surface area (Å²) in [6.07, 6.45) is 0.477. The molecule has 1 aromatic heterocycles. The first kappa shape index (κ1) is 23.1. The Morgan fingerprint density at radius 3 is 2.29 bits per heavy atom. The topological polar surface area (TPSA) is 132 Å². The van der Waals surface area contributed by atoms with Crippen molar-refractivity contribution in [2.45, 2.75) is 11.3 Å². The molecule has 0 radical (unpaired) electrons. The smallest absolute Gasteiger partial charge is 0.321 e. The Morgan fingerprint density at radius 2 is 1.65 bits per heavy atom. The lowest BCUT2D eigenvalue weighted by atomic mass is 10.1. The molecule has 0 aliphatic rings. The molecule has 11 heteroatoms. The normalized spacial score (nSPS) is 11.2. The minimum atomic E-state index is -3.75. The van der Waals surface area contributed by atoms with E-state index in [1.54, 1.807) is 24.3 Å². The number of nitrogens with one attached hydrogen (secondary N) is 2. The highest BCUT2D eigenvalue weighted by Gasteiger charge is 2.15. The summed E-state index contributed by atoms with van der Waals surface area (Å²) < 4.78 is 37.5. The molecule has 2 amide bonds. The summed E-state index contributed by atoms with van der Waals surface area (Å²) in [5, 5.41) is 14.8. The average Bonchev–Trinajstić information content (AvgIpc) is 3.23. The molecule has 0 spiro atoms. The number of nitrogens with two attached hydrogens (primary N) is 1. The van der Waals surface area contributed by atoms with Crippen LogP contribution in [0.5, 0.6) is 0 Å². The van der Waals surface area contributed by atoms with Crippen molar-refractivity contribution in [2.75, 3.05) is 11.9 Å². The number of benzene rings is 3. The Balaban J connectivity index is 1.44. The fraction of sp³-hybridized carbons (Fsp3) is 0.0870. The number of aromatic nitrogens is 3. The van der Waals surface area contributed by atoms with Crippen LogP contribution in [0.3, 0.4) is 0 Å². The first-order chi connectivity index (χ1) is 16.3. The van der Waals surface area contributed by atoms with E-state index < -0.39 is 16.1 Å². The van der Waals surface area contributed by atoms with Gasteiger partial charge in [0.05, 0.1) is 10.6 Å². The number of hydrogen-bond acceptors (Lipinski definition) is 5. The number of anilines is 1. The second-order valence-corrected chi connectivity index (χ2v) is 8.89. The van der Waals surface area contributed by atoms with Gasteiger partial charge in [-0.3, -0.25) is 5.32 Å². The van der Waals surface area contributed by atoms with Crippen LogP contribution >= 0.6 is 0 Å². The number of primary sulfonamides is 1. The summed E-state index contributed by atoms with van der Waals surface area (Å²) in [7, 11) is -3.75. The largest absolute Gasteiger partial charge is 0.337 e. The molecule has 0 saturated carbocycles. The zero-order valence-electron chi connectivity index (χ0n) is 17.8. The van der Waals surface area contributed by atoms with Crippen LogP contribution in [0.4, 0.5) is 15.1 Å². The summed E-state index contributed by atoms with van der Waals surface area (Å²) in [5.74, 6) is 0.192. The summed E-state index contributed by atoms with van der Waals surface area (Å²) in [5.41, 5.74) is 2.19. The van der Waals surface area contributed by atoms with E-state index in [9.17, 15) is 17.6 Å². The Labute approximate surface area is 195 Å². The molecule has 0 unspecified atom stereocenters. The molecule has 0 atom stereocenters. The van der Waals surface area contributed by atoms with Crippen LogP contribution in [-0.2, 0) is 16.4 Å². The van der Waals surface area contributed by atoms with Gasteiger partial charge in [-0.2, -0.15) is 4.98 Å². The van der Waals surface area contributed by atoms with Crippen molar-refractivity contribution in [2.24, 2.45) is 5.14 Å². The maximum absolute atomic E-state index is 13.4. The van der Waals surface area contributed by atoms with Gasteiger partial charge in [-0.15, -0.1) is 5.10 Å². The number of carbonyl (C=O) groups is 1. The van der Waals surface area contributed by atoms with Crippen molar-refractivity contribution in [1.82, 2.24) is 20.1 Å². The molecule has 9 nitrogen and oxygen atoms in total. The molecule has 0 fully saturated rings. The fourth-order valence-corrected chi connectivity index (χ4v) is 3.73. The third-order valence-corrected chi connectivity index (χ3v) is 5.82. The molecule has 174 valence electrons. The summed E-state index contributed by atoms with van der Waals surface area (Å²) >= 11 is 0. The van der Waals surface area contributed by atoms with E-state index in [0.29, 0.717) is 24.5 Å². The fourth-order valence-electron chi connectivity index (χ4n) is 3.21. The number of urea groups is 1. The van der Waals surface area contributed by atoms with E-state index in [0.717, 1.165) is 11.1 Å². The number of amides is 2. The number of halogens is 1. The predicted molar refractivity (Wildman–Crippen MR) is 125 cm³/mol. The number of nitrogens with zero attached hydrogens (tertiary/aromatic N) is 3. The highest BCUT2D eigenvalue weighted by Crippen LogP contribution is 2.22. The van der Waals surface area contributed by atoms with Gasteiger partial charge >= 0.3 is 6.03 Å². The molecule has 0 saturated heterocycles. The number of hydrogen-bond donors (Lipinski definition) is 3. The van der Waals surface area contributed by atoms with E-state index in [4.69, 9.17) is 5.14 Å². The van der Waals surface area contributed by atoms with Crippen LogP contribution < -0.4 is 15.8 Å². The van der Waals surface area contributed by atoms with E-state index >= 15 is 0 Å². The molecular weight excluding hydrogens is 459 g/mol. The monoisotopic (exact) mass is 480 g/mol. The summed E-state index contributed by atoms with van der Waals surface area (Å²) in [4.78, 5) is 16.8. The van der Waals surface area contributed by atoms with E-state index in [2.05, 4.69) is 20.7 Å². The molecule has 4 aromatic rings. The van der Waals surface area contributed by atoms with Crippen LogP contribution in [-0.4, -0.2) is 35.8 Å². The molecule has 4 rings (SSSR count). The Morgan fingerprint density at radius 1 is 0.971 bits per heavy atom. The maximum Gasteiger partial charge on any atom is 0.321 e. The number of sulfonamides is 1. The Bertz CT molecular complexity index is 1390. The lowest BCUT2D eigenvalue weighted by Crippen LogP contribution is -2.30. The molecule has 4 N–H and O–H groups in total. The van der Waals surface area contributed by atoms with Gasteiger partial charge in [0.2, 0.25) is 10.0 Å². The van der Waals surface area contributed by atoms with Crippen molar-refractivity contribution in [3.63, 3.8) is 0 Å². The third kappa shape index (κ3) is 5.63. The van der Waals surface area contributed by atoms with Crippen LogP contribution in [0, 0.1) is 5.82 Å². The van der Waals surface area contributed by atoms with Gasteiger partial charge < -0.3 is 5.32 Å². The van der Waals surface area contributed by atoms with Crippen LogP contribution in [0.15, 0.2) is 83.8 Å². The second-order valence-electron chi connectivity index (χ2n) is 7.33. The van der Waals surface area contributed by atoms with Gasteiger partial charge in [-0.05, 0) is 48.4 Å². The molecular formula is C23H21FN6O3S. The standard InChI is InChI=1S/C23H21FN6O3S/c24-18-8-10-19(11-9-18)30-21(17-4-2-1-3-5-17)27-22(29-30)28-23(31)26-15-14-16-6-12-20(13-7-16)34(25,32)33/h1-13H,14-15H2,(H2,25,32,33)(H2,26,28,29,31). The van der Waals surface area contributed by atoms with Crippen molar-refractivity contribution in [1.29, 1.82) is 0 Å². The summed E-state index contributed by atoms with van der Waals surface area (Å²) in [6, 6.07) is 20.7. The van der Waals surface area contributed by atoms with Crippen molar-refractivity contribution < 1.29 is 17.6 Å². The minimum absolute atomic E-state index is 0.0268. The van der Waals surface area contributed by atoms with Crippen LogP contribution in [0.25, 0.3) is 17.1 Å². The lowest BCUT2D eigenvalue weighted by molar-refractivity contribution is 0.252. The molecule has 0 bridgehead atoms. The van der Waals surface area contributed by atoms with Crippen molar-refractivity contribution in [3.8, 4) is 17.1 Å². The number of rotatable bonds is 7. The molecule has 0 aliphatic carbocycles. The van der Waals surface area contributed by atoms with E-state index in [1.165, 1.54) is 28.9 Å². The van der Waals surface area contributed by atoms with Crippen LogP contribution in [0.2, 0.25) is 0 Å². The first-order valence-corrected chi connectivity index (χ1v) is 11.8. The Hall–Kier alpha value is -4.09. The third-order valence-electron chi connectivity index (χ3n) is 4.89. The van der Waals surface area contributed by atoms with E-state index in [1.807, 2.05) is 30.3 Å². The quantitative estimate of drug-likeness (QED) is 0.374. The molecule has 0 aliphatic heterocycles. The van der Waals surface area contributed by atoms with Gasteiger partial charge in [-0.1, -0.05) is 42.5 Å². The molecule has 3 aromatic carbocycles. The number of carbonyl (C=O) groups excluding carboxylic acids is 1. The highest BCUT2D eigenvalue weighted by atomic mass is 32.2. The lowest BCUT2D eigenvalue weighted by Gasteiger charge is -2.06. The zero-order chi connectivity index (χ0) is 24.1. The Kier molecular flexibility index (Phi) is 6.66. The predicted octanol–water partition coefficient (Wildman–Crippen LogP) is 3.09. The van der Waals surface area contributed by atoms with Gasteiger partial charge in [0.15, 0.2) is 5.82 Å². The van der Waals surface area contributed by atoms with Gasteiger partial charge in [0.25, 0.3) is 5.95 Å². The SMILES string of the molecule is NS(=O)(=O)c1ccc(CCNC(=O)Nc2nc(-c3ccccc3)n(-c3ccc(F)cc3)n2)cc1. The highest BCUT2D eigenvalue weighted by molar-refractivity contribution is 7.89. The van der Waals surface area contributed by atoms with Gasteiger partial charge in [-0.25, -0.2) is 27.4 Å². The van der Waals surface area contributed by atoms with Crippen molar-refractivity contribution >= 4 is 22.0 Å². The molecule has 1 heterocycles. The summed E-state index contributed by atoms with van der Waals surface area (Å²) in [6.45, 7) is 0.296. The van der Waals surface area contributed by atoms with Crippen molar-refractivity contribution in [3.05, 3.63) is 90.2 Å². The van der Waals surface area contributed by atoms with Gasteiger partial charge in [0.1, 0.15) is 5.82 Å². The van der Waals surface area contributed by atoms with Gasteiger partial charge in [0, 0.05) is 12.1 Å². The second kappa shape index (κ2) is 9.81.